The van der Waals surface area contributed by atoms with Crippen molar-refractivity contribution in [3.8, 4) is 0 Å². The van der Waals surface area contributed by atoms with E-state index in [0.717, 1.165) is 19.3 Å². The zero-order valence-electron chi connectivity index (χ0n) is 12.5. The summed E-state index contributed by atoms with van der Waals surface area (Å²) in [5.74, 6) is 0.896. The molecule has 1 saturated heterocycles. The summed E-state index contributed by atoms with van der Waals surface area (Å²) in [6.45, 7) is 4.75. The Balaban J connectivity index is 1.50. The van der Waals surface area contributed by atoms with Crippen LogP contribution in [0.5, 0.6) is 0 Å². The minimum absolute atomic E-state index is 0.212. The first kappa shape index (κ1) is 13.8. The highest BCUT2D eigenvalue weighted by molar-refractivity contribution is 5.21. The van der Waals surface area contributed by atoms with Crippen molar-refractivity contribution in [1.29, 1.82) is 0 Å². The van der Waals surface area contributed by atoms with E-state index in [1.54, 1.807) is 0 Å². The third kappa shape index (κ3) is 2.13. The van der Waals surface area contributed by atoms with Crippen LogP contribution in [0.2, 0.25) is 0 Å². The van der Waals surface area contributed by atoms with Crippen LogP contribution in [0.15, 0.2) is 0 Å². The van der Waals surface area contributed by atoms with Crippen LogP contribution in [0, 0.1) is 17.3 Å². The van der Waals surface area contributed by atoms with Gasteiger partial charge in [-0.1, -0.05) is 20.3 Å². The molecule has 2 nitrogen and oxygen atoms in total. The molecule has 110 valence electrons. The van der Waals surface area contributed by atoms with Gasteiger partial charge in [-0.2, -0.15) is 0 Å². The van der Waals surface area contributed by atoms with E-state index in [1.807, 2.05) is 7.11 Å². The fraction of sp³-hybridized carbons (Fsp3) is 1.00. The van der Waals surface area contributed by atoms with Gasteiger partial charge in [-0.3, -0.25) is 0 Å². The van der Waals surface area contributed by atoms with Gasteiger partial charge >= 0.3 is 0 Å². The van der Waals surface area contributed by atoms with Crippen LogP contribution in [0.25, 0.3) is 0 Å². The van der Waals surface area contributed by atoms with Gasteiger partial charge in [-0.25, -0.2) is 4.39 Å². The maximum atomic E-state index is 13.6. The average Bonchev–Trinajstić information content (AvgIpc) is 2.29. The van der Waals surface area contributed by atoms with Crippen molar-refractivity contribution >= 4 is 0 Å². The zero-order chi connectivity index (χ0) is 13.7. The number of alkyl halides is 1. The lowest BCUT2D eigenvalue weighted by Crippen LogP contribution is -2.70. The second-order valence-corrected chi connectivity index (χ2v) is 7.29. The van der Waals surface area contributed by atoms with Gasteiger partial charge < -0.3 is 9.47 Å². The molecule has 4 rings (SSSR count). The Morgan fingerprint density at radius 1 is 1.37 bits per heavy atom. The lowest BCUT2D eigenvalue weighted by atomic mass is 9.37. The topological polar surface area (TPSA) is 18.5 Å². The largest absolute Gasteiger partial charge is 0.378 e. The zero-order valence-corrected chi connectivity index (χ0v) is 12.5. The van der Waals surface area contributed by atoms with E-state index in [0.29, 0.717) is 17.9 Å². The van der Waals surface area contributed by atoms with E-state index in [9.17, 15) is 4.39 Å². The number of hydrogen-bond acceptors (Lipinski definition) is 2. The molecule has 4 fully saturated rings. The normalized spacial score (nSPS) is 50.2. The summed E-state index contributed by atoms with van der Waals surface area (Å²) < 4.78 is 24.9. The number of halogens is 1. The Morgan fingerprint density at radius 3 is 2.63 bits per heavy atom. The average molecular weight is 270 g/mol. The molecule has 0 N–H and O–H groups in total. The van der Waals surface area contributed by atoms with E-state index >= 15 is 0 Å². The molecular formula is C16H27FO2. The first-order chi connectivity index (χ1) is 9.02. The summed E-state index contributed by atoms with van der Waals surface area (Å²) >= 11 is 0. The molecule has 3 saturated carbocycles. The Morgan fingerprint density at radius 2 is 2.05 bits per heavy atom. The molecule has 4 aliphatic rings. The third-order valence-electron chi connectivity index (χ3n) is 6.21. The van der Waals surface area contributed by atoms with Gasteiger partial charge in [-0.15, -0.1) is 0 Å². The second-order valence-electron chi connectivity index (χ2n) is 7.29. The van der Waals surface area contributed by atoms with Gasteiger partial charge in [0.1, 0.15) is 6.17 Å². The van der Waals surface area contributed by atoms with E-state index in [-0.39, 0.29) is 17.6 Å². The van der Waals surface area contributed by atoms with Crippen molar-refractivity contribution in [3.63, 3.8) is 0 Å². The van der Waals surface area contributed by atoms with Gasteiger partial charge in [0.2, 0.25) is 0 Å². The third-order valence-corrected chi connectivity index (χ3v) is 6.21. The molecule has 3 aliphatic carbocycles. The Kier molecular flexibility index (Phi) is 3.41. The van der Waals surface area contributed by atoms with Crippen molar-refractivity contribution < 1.29 is 13.9 Å². The highest BCUT2D eigenvalue weighted by atomic mass is 19.1. The van der Waals surface area contributed by atoms with Crippen molar-refractivity contribution in [2.45, 2.75) is 70.2 Å². The predicted molar refractivity (Wildman–Crippen MR) is 72.8 cm³/mol. The standard InChI is InChI=1S/C16H27FO2/c1-4-12-6-13(19-7-14(12)17)5-11(2)15-8-16(9-15,10-15)18-3/h11-14H,4-10H2,1-3H3/t11?,12-,13?,14-,15?,16?/m1/s1. The summed E-state index contributed by atoms with van der Waals surface area (Å²) in [5, 5.41) is 0. The molecule has 0 radical (unpaired) electrons. The van der Waals surface area contributed by atoms with E-state index in [4.69, 9.17) is 9.47 Å². The molecule has 0 aromatic heterocycles. The lowest BCUT2D eigenvalue weighted by molar-refractivity contribution is -0.296. The minimum atomic E-state index is -0.747. The van der Waals surface area contributed by atoms with Crippen LogP contribution in [0.1, 0.15) is 52.4 Å². The van der Waals surface area contributed by atoms with Crippen molar-refractivity contribution in [1.82, 2.24) is 0 Å². The Hall–Kier alpha value is -0.150. The summed E-state index contributed by atoms with van der Waals surface area (Å²) in [4.78, 5) is 0. The van der Waals surface area contributed by atoms with Crippen LogP contribution in [0.3, 0.4) is 0 Å². The summed E-state index contributed by atoms with van der Waals surface area (Å²) in [6, 6.07) is 0. The molecular weight excluding hydrogens is 243 g/mol. The molecule has 4 atom stereocenters. The summed E-state index contributed by atoms with van der Waals surface area (Å²) in [6.07, 6.45) is 6.17. The highest BCUT2D eigenvalue weighted by Gasteiger charge is 2.70. The van der Waals surface area contributed by atoms with Gasteiger partial charge in [0.15, 0.2) is 0 Å². The number of methoxy groups -OCH3 is 1. The fourth-order valence-corrected chi connectivity index (χ4v) is 4.66. The fourth-order valence-electron chi connectivity index (χ4n) is 4.66. The summed E-state index contributed by atoms with van der Waals surface area (Å²) in [5.41, 5.74) is 0.755. The van der Waals surface area contributed by atoms with Crippen LogP contribution in [-0.4, -0.2) is 31.6 Å². The van der Waals surface area contributed by atoms with Crippen molar-refractivity contribution in [3.05, 3.63) is 0 Å². The van der Waals surface area contributed by atoms with Gasteiger partial charge in [0, 0.05) is 7.11 Å². The first-order valence-corrected chi connectivity index (χ1v) is 7.83. The van der Waals surface area contributed by atoms with Crippen LogP contribution < -0.4 is 0 Å². The number of ether oxygens (including phenoxy) is 2. The van der Waals surface area contributed by atoms with E-state index in [1.165, 1.54) is 19.3 Å². The molecule has 2 bridgehead atoms. The molecule has 0 aromatic carbocycles. The molecule has 19 heavy (non-hydrogen) atoms. The number of rotatable bonds is 5. The van der Waals surface area contributed by atoms with Crippen LogP contribution >= 0.6 is 0 Å². The van der Waals surface area contributed by atoms with Crippen molar-refractivity contribution in [2.24, 2.45) is 17.3 Å². The van der Waals surface area contributed by atoms with Gasteiger partial charge in [0.25, 0.3) is 0 Å². The maximum absolute atomic E-state index is 13.6. The summed E-state index contributed by atoms with van der Waals surface area (Å²) in [7, 11) is 1.84. The molecule has 3 heteroatoms. The quantitative estimate of drug-likeness (QED) is 0.757. The van der Waals surface area contributed by atoms with Crippen LogP contribution in [0.4, 0.5) is 4.39 Å². The first-order valence-electron chi connectivity index (χ1n) is 7.83. The second kappa shape index (κ2) is 4.70. The monoisotopic (exact) mass is 270 g/mol. The molecule has 0 spiro atoms. The van der Waals surface area contributed by atoms with E-state index in [2.05, 4.69) is 13.8 Å². The Bertz CT molecular complexity index is 324. The predicted octanol–water partition coefficient (Wildman–Crippen LogP) is 3.73. The molecule has 1 aliphatic heterocycles. The van der Waals surface area contributed by atoms with Crippen molar-refractivity contribution in [2.75, 3.05) is 13.7 Å². The maximum Gasteiger partial charge on any atom is 0.126 e. The molecule has 0 aromatic rings. The van der Waals surface area contributed by atoms with Crippen LogP contribution in [-0.2, 0) is 9.47 Å². The Labute approximate surface area is 116 Å². The van der Waals surface area contributed by atoms with Gasteiger partial charge in [0.05, 0.1) is 18.3 Å². The van der Waals surface area contributed by atoms with Gasteiger partial charge in [-0.05, 0) is 49.4 Å². The smallest absolute Gasteiger partial charge is 0.126 e. The minimum Gasteiger partial charge on any atom is -0.378 e. The lowest BCUT2D eigenvalue weighted by Gasteiger charge is -2.72. The van der Waals surface area contributed by atoms with E-state index < -0.39 is 6.17 Å². The number of hydrogen-bond donors (Lipinski definition) is 0. The molecule has 2 unspecified atom stereocenters. The molecule has 0 amide bonds. The molecule has 1 heterocycles. The SMILES string of the molecule is CC[C@@H]1CC(CC(C)C23CC(OC)(C2)C3)OC[C@H]1F. The highest BCUT2D eigenvalue weighted by Crippen LogP contribution is 2.72.